The molecule has 0 rings (SSSR count). The van der Waals surface area contributed by atoms with E-state index in [0.717, 1.165) is 12.8 Å². The van der Waals surface area contributed by atoms with Crippen LogP contribution in [-0.4, -0.2) is 29.8 Å². The third kappa shape index (κ3) is 38.1. The zero-order valence-corrected chi connectivity index (χ0v) is 17.0. The van der Waals surface area contributed by atoms with E-state index in [4.69, 9.17) is 19.2 Å². The standard InChI is InChI=1S/C12H24O2.Cd.H2O3Si/c1-2-3-4-5-6-7-8-9-10-11-12(13)14;;1-4(2)3/h2-11H2,1H3,(H,13,14);;1-2H. The number of unbranched alkanes of at least 4 members (excludes halogenated alkanes) is 8. The molecule has 0 aromatic carbocycles. The van der Waals surface area contributed by atoms with Gasteiger partial charge in [-0.15, -0.1) is 0 Å². The zero-order chi connectivity index (χ0) is 14.2. The van der Waals surface area contributed by atoms with E-state index in [9.17, 15) is 4.79 Å². The van der Waals surface area contributed by atoms with Crippen molar-refractivity contribution in [3.05, 3.63) is 0 Å². The molecule has 0 fully saturated rings. The van der Waals surface area contributed by atoms with E-state index in [0.29, 0.717) is 6.42 Å². The zero-order valence-electron chi connectivity index (χ0n) is 11.9. The van der Waals surface area contributed by atoms with Crippen LogP contribution < -0.4 is 0 Å². The Morgan fingerprint density at radius 2 is 1.21 bits per heavy atom. The number of carboxylic acids is 1. The maximum Gasteiger partial charge on any atom is 0.761 e. The molecule has 5 nitrogen and oxygen atoms in total. The second kappa shape index (κ2) is 20.3. The molecule has 0 spiro atoms. The molecule has 0 heterocycles. The summed E-state index contributed by atoms with van der Waals surface area (Å²) in [5.41, 5.74) is 0. The molecule has 0 aromatic heterocycles. The van der Waals surface area contributed by atoms with Gasteiger partial charge in [-0.3, -0.25) is 9.26 Å². The minimum absolute atomic E-state index is 0. The summed E-state index contributed by atoms with van der Waals surface area (Å²) in [6.07, 6.45) is 11.5. The van der Waals surface area contributed by atoms with Crippen molar-refractivity contribution in [3.8, 4) is 0 Å². The summed E-state index contributed by atoms with van der Waals surface area (Å²) >= 11 is 0. The molecule has 0 unspecified atom stereocenters. The van der Waals surface area contributed by atoms with Gasteiger partial charge in [0.1, 0.15) is 0 Å². The molecular weight excluding hydrogens is 365 g/mol. The first kappa shape index (κ1) is 24.1. The van der Waals surface area contributed by atoms with E-state index in [-0.39, 0.29) is 27.3 Å². The Kier molecular flexibility index (Phi) is 25.7. The van der Waals surface area contributed by atoms with E-state index >= 15 is 0 Å². The average Bonchev–Trinajstić information content (AvgIpc) is 2.26. The molecule has 0 saturated carbocycles. The van der Waals surface area contributed by atoms with Gasteiger partial charge in [0.25, 0.3) is 0 Å². The Bertz CT molecular complexity index is 210. The minimum Gasteiger partial charge on any atom is -0.511 e. The normalized spacial score (nSPS) is 8.89. The van der Waals surface area contributed by atoms with Crippen LogP contribution in [0.25, 0.3) is 0 Å². The molecule has 0 amide bonds. The fourth-order valence-corrected chi connectivity index (χ4v) is 1.59. The van der Waals surface area contributed by atoms with Gasteiger partial charge in [0.15, 0.2) is 0 Å². The predicted octanol–water partition coefficient (Wildman–Crippen LogP) is 2.38. The second-order valence-corrected chi connectivity index (χ2v) is 4.82. The number of aliphatic carboxylic acids is 1. The van der Waals surface area contributed by atoms with Crippen molar-refractivity contribution in [2.24, 2.45) is 0 Å². The van der Waals surface area contributed by atoms with Crippen molar-refractivity contribution in [1.29, 1.82) is 0 Å². The number of carbonyl (C=O) groups is 1. The molecule has 0 aliphatic carbocycles. The summed E-state index contributed by atoms with van der Waals surface area (Å²) in [5, 5.41) is 8.41. The summed E-state index contributed by atoms with van der Waals surface area (Å²) in [4.78, 5) is 24.5. The minimum atomic E-state index is -3.13. The molecule has 0 saturated heterocycles. The SMILES string of the molecule is CCCCCCCCCCCC(=O)O.O=[Si](O)O.[Cd]. The van der Waals surface area contributed by atoms with Crippen LogP contribution in [0.5, 0.6) is 0 Å². The summed E-state index contributed by atoms with van der Waals surface area (Å²) in [6.45, 7) is 2.23. The van der Waals surface area contributed by atoms with Gasteiger partial charge in [-0.25, -0.2) is 0 Å². The van der Waals surface area contributed by atoms with Gasteiger partial charge in [-0.05, 0) is 6.42 Å². The summed E-state index contributed by atoms with van der Waals surface area (Å²) in [7, 11) is -3.13. The molecule has 3 N–H and O–H groups in total. The number of carboxylic acid groups (broad SMARTS) is 1. The number of hydrogen-bond acceptors (Lipinski definition) is 2. The topological polar surface area (TPSA) is 94.8 Å². The number of rotatable bonds is 10. The van der Waals surface area contributed by atoms with E-state index in [2.05, 4.69) is 6.92 Å². The van der Waals surface area contributed by atoms with Crippen molar-refractivity contribution in [3.63, 3.8) is 0 Å². The maximum absolute atomic E-state index is 10.2. The summed E-state index contributed by atoms with van der Waals surface area (Å²) < 4.78 is 8.74. The Hall–Kier alpha value is 0.00896. The van der Waals surface area contributed by atoms with Crippen LogP contribution in [0.1, 0.15) is 71.1 Å². The molecule has 0 aromatic rings. The molecular formula is C12H26CdO5Si. The van der Waals surface area contributed by atoms with Crippen LogP contribution in [0.2, 0.25) is 0 Å². The predicted molar refractivity (Wildman–Crippen MR) is 70.4 cm³/mol. The summed E-state index contributed by atoms with van der Waals surface area (Å²) in [6, 6.07) is 0. The van der Waals surface area contributed by atoms with Crippen molar-refractivity contribution in [2.45, 2.75) is 71.1 Å². The van der Waals surface area contributed by atoms with Crippen molar-refractivity contribution in [1.82, 2.24) is 0 Å². The number of hydrogen-bond donors (Lipinski definition) is 3. The molecule has 110 valence electrons. The van der Waals surface area contributed by atoms with Gasteiger partial charge in [-0.2, -0.15) is 0 Å². The molecule has 0 aliphatic heterocycles. The van der Waals surface area contributed by atoms with Gasteiger partial charge in [0.05, 0.1) is 0 Å². The Labute approximate surface area is 137 Å². The quantitative estimate of drug-likeness (QED) is 0.393. The van der Waals surface area contributed by atoms with Gasteiger partial charge < -0.3 is 14.7 Å². The Morgan fingerprint density at radius 3 is 1.53 bits per heavy atom. The van der Waals surface area contributed by atoms with Gasteiger partial charge >= 0.3 is 15.1 Å². The largest absolute Gasteiger partial charge is 0.761 e. The Balaban J connectivity index is -0.000000448. The van der Waals surface area contributed by atoms with Gasteiger partial charge in [0, 0.05) is 33.7 Å². The van der Waals surface area contributed by atoms with Crippen molar-refractivity contribution in [2.75, 3.05) is 0 Å². The maximum atomic E-state index is 10.2. The molecule has 0 bridgehead atoms. The first-order valence-electron chi connectivity index (χ1n) is 6.64. The van der Waals surface area contributed by atoms with E-state index < -0.39 is 15.1 Å². The fraction of sp³-hybridized carbons (Fsp3) is 0.917. The molecule has 19 heavy (non-hydrogen) atoms. The second-order valence-electron chi connectivity index (χ2n) is 4.25. The van der Waals surface area contributed by atoms with Crippen LogP contribution in [0, 0.1) is 0 Å². The van der Waals surface area contributed by atoms with E-state index in [1.807, 2.05) is 0 Å². The first-order chi connectivity index (χ1) is 8.50. The van der Waals surface area contributed by atoms with Crippen LogP contribution in [-0.2, 0) is 36.6 Å². The van der Waals surface area contributed by atoms with E-state index in [1.165, 1.54) is 44.9 Å². The van der Waals surface area contributed by atoms with Crippen molar-refractivity contribution >= 4 is 15.1 Å². The van der Waals surface area contributed by atoms with Crippen LogP contribution in [0.4, 0.5) is 0 Å². The molecule has 0 atom stereocenters. The summed E-state index contributed by atoms with van der Waals surface area (Å²) in [5.74, 6) is -0.659. The monoisotopic (exact) mass is 392 g/mol. The molecule has 0 radical (unpaired) electrons. The third-order valence-corrected chi connectivity index (χ3v) is 2.49. The van der Waals surface area contributed by atoms with E-state index in [1.54, 1.807) is 0 Å². The van der Waals surface area contributed by atoms with Crippen LogP contribution >= 0.6 is 0 Å². The smallest absolute Gasteiger partial charge is 0.511 e. The average molecular weight is 391 g/mol. The fourth-order valence-electron chi connectivity index (χ4n) is 1.59. The van der Waals surface area contributed by atoms with Gasteiger partial charge in [-0.1, -0.05) is 58.3 Å². The molecule has 7 heteroatoms. The van der Waals surface area contributed by atoms with Crippen LogP contribution in [0.15, 0.2) is 0 Å². The third-order valence-electron chi connectivity index (χ3n) is 2.49. The molecule has 0 aliphatic rings. The van der Waals surface area contributed by atoms with Crippen LogP contribution in [0.3, 0.4) is 0 Å². The first-order valence-corrected chi connectivity index (χ1v) is 7.94. The van der Waals surface area contributed by atoms with Crippen molar-refractivity contribution < 1.29 is 51.3 Å². The van der Waals surface area contributed by atoms with Gasteiger partial charge in [0.2, 0.25) is 0 Å². The Morgan fingerprint density at radius 1 is 0.895 bits per heavy atom.